The summed E-state index contributed by atoms with van der Waals surface area (Å²) >= 11 is 0. The van der Waals surface area contributed by atoms with Gasteiger partial charge in [-0.3, -0.25) is 20.4 Å². The van der Waals surface area contributed by atoms with Gasteiger partial charge in [-0.2, -0.15) is 4.31 Å². The Morgan fingerprint density at radius 3 is 2.14 bits per heavy atom. The Labute approximate surface area is 169 Å². The van der Waals surface area contributed by atoms with Gasteiger partial charge in [-0.15, -0.1) is 0 Å². The SMILES string of the molecule is Cc1occc1C(=O)NNC(=O)c1ccc(S(=O)(=O)N2C[C@@H](C)O[C@H](C)C2)cc1. The lowest BCUT2D eigenvalue weighted by molar-refractivity contribution is -0.0440. The number of carbonyl (C=O) groups is 2. The molecule has 156 valence electrons. The minimum Gasteiger partial charge on any atom is -0.469 e. The molecule has 1 saturated heterocycles. The molecule has 9 nitrogen and oxygen atoms in total. The second-order valence-corrected chi connectivity index (χ2v) is 8.84. The molecule has 2 N–H and O–H groups in total. The maximum Gasteiger partial charge on any atom is 0.273 e. The number of carbonyl (C=O) groups excluding carboxylic acids is 2. The Bertz CT molecular complexity index is 989. The van der Waals surface area contributed by atoms with Crippen molar-refractivity contribution in [2.45, 2.75) is 37.9 Å². The minimum absolute atomic E-state index is 0.0911. The molecule has 29 heavy (non-hydrogen) atoms. The van der Waals surface area contributed by atoms with E-state index in [0.717, 1.165) is 0 Å². The Balaban J connectivity index is 1.65. The van der Waals surface area contributed by atoms with E-state index < -0.39 is 21.8 Å². The number of ether oxygens (including phenoxy) is 1. The van der Waals surface area contributed by atoms with Crippen LogP contribution in [0, 0.1) is 6.92 Å². The summed E-state index contributed by atoms with van der Waals surface area (Å²) in [5.41, 5.74) is 5.09. The summed E-state index contributed by atoms with van der Waals surface area (Å²) in [6, 6.07) is 7.02. The first kappa shape index (κ1) is 21.0. The first-order valence-electron chi connectivity index (χ1n) is 9.09. The first-order valence-corrected chi connectivity index (χ1v) is 10.5. The number of hydrogen-bond donors (Lipinski definition) is 2. The molecule has 0 radical (unpaired) electrons. The van der Waals surface area contributed by atoms with Gasteiger partial charge < -0.3 is 9.15 Å². The molecule has 1 fully saturated rings. The number of sulfonamides is 1. The molecule has 0 spiro atoms. The van der Waals surface area contributed by atoms with E-state index in [4.69, 9.17) is 9.15 Å². The number of hydrogen-bond acceptors (Lipinski definition) is 6. The van der Waals surface area contributed by atoms with Crippen molar-refractivity contribution in [1.82, 2.24) is 15.2 Å². The quantitative estimate of drug-likeness (QED) is 0.722. The van der Waals surface area contributed by atoms with Crippen LogP contribution < -0.4 is 10.9 Å². The molecule has 2 heterocycles. The van der Waals surface area contributed by atoms with Gasteiger partial charge in [0.15, 0.2) is 0 Å². The molecule has 1 aromatic heterocycles. The van der Waals surface area contributed by atoms with Crippen molar-refractivity contribution < 1.29 is 27.2 Å². The number of nitrogens with zero attached hydrogens (tertiary/aromatic N) is 1. The third kappa shape index (κ3) is 4.66. The zero-order chi connectivity index (χ0) is 21.2. The molecule has 10 heteroatoms. The van der Waals surface area contributed by atoms with Crippen LogP contribution in [0.3, 0.4) is 0 Å². The van der Waals surface area contributed by atoms with Crippen molar-refractivity contribution >= 4 is 21.8 Å². The summed E-state index contributed by atoms with van der Waals surface area (Å²) < 4.78 is 37.7. The molecule has 0 unspecified atom stereocenters. The van der Waals surface area contributed by atoms with E-state index in [1.165, 1.54) is 40.9 Å². The second kappa shape index (κ2) is 8.36. The first-order chi connectivity index (χ1) is 13.7. The van der Waals surface area contributed by atoms with E-state index in [1.807, 2.05) is 13.8 Å². The fourth-order valence-electron chi connectivity index (χ4n) is 3.13. The molecular formula is C19H23N3O6S. The van der Waals surface area contributed by atoms with E-state index in [0.29, 0.717) is 11.3 Å². The van der Waals surface area contributed by atoms with E-state index in [9.17, 15) is 18.0 Å². The van der Waals surface area contributed by atoms with E-state index in [-0.39, 0.29) is 35.8 Å². The molecule has 1 aliphatic rings. The molecule has 1 aliphatic heterocycles. The summed E-state index contributed by atoms with van der Waals surface area (Å²) in [4.78, 5) is 24.3. The van der Waals surface area contributed by atoms with Gasteiger partial charge >= 0.3 is 0 Å². The van der Waals surface area contributed by atoms with Gasteiger partial charge in [0.05, 0.1) is 28.9 Å². The van der Waals surface area contributed by atoms with Gasteiger partial charge in [-0.1, -0.05) is 0 Å². The monoisotopic (exact) mass is 421 g/mol. The van der Waals surface area contributed by atoms with Gasteiger partial charge in [-0.05, 0) is 51.1 Å². The third-order valence-corrected chi connectivity index (χ3v) is 6.38. The number of rotatable bonds is 4. The Morgan fingerprint density at radius 1 is 1.00 bits per heavy atom. The van der Waals surface area contributed by atoms with Crippen LogP contribution in [0.4, 0.5) is 0 Å². The van der Waals surface area contributed by atoms with Gasteiger partial charge in [0, 0.05) is 18.7 Å². The maximum atomic E-state index is 12.8. The lowest BCUT2D eigenvalue weighted by Gasteiger charge is -2.34. The molecule has 0 aliphatic carbocycles. The Kier molecular flexibility index (Phi) is 6.06. The fraction of sp³-hybridized carbons (Fsp3) is 0.368. The van der Waals surface area contributed by atoms with Gasteiger partial charge in [0.1, 0.15) is 5.76 Å². The summed E-state index contributed by atoms with van der Waals surface area (Å²) in [5.74, 6) is -0.658. The molecule has 2 atom stereocenters. The highest BCUT2D eigenvalue weighted by Crippen LogP contribution is 2.21. The zero-order valence-corrected chi connectivity index (χ0v) is 17.2. The predicted octanol–water partition coefficient (Wildman–Crippen LogP) is 1.46. The van der Waals surface area contributed by atoms with Crippen LogP contribution in [0.1, 0.15) is 40.3 Å². The Morgan fingerprint density at radius 2 is 1.59 bits per heavy atom. The van der Waals surface area contributed by atoms with Gasteiger partial charge in [0.2, 0.25) is 10.0 Å². The number of morpholine rings is 1. The average Bonchev–Trinajstić information content (AvgIpc) is 3.11. The summed E-state index contributed by atoms with van der Waals surface area (Å²) in [7, 11) is -3.69. The van der Waals surface area contributed by atoms with Crippen LogP contribution in [0.5, 0.6) is 0 Å². The smallest absolute Gasteiger partial charge is 0.273 e. The van der Waals surface area contributed by atoms with Crippen molar-refractivity contribution in [2.24, 2.45) is 0 Å². The predicted molar refractivity (Wildman–Crippen MR) is 104 cm³/mol. The van der Waals surface area contributed by atoms with Crippen LogP contribution in [0.25, 0.3) is 0 Å². The normalized spacial score (nSPS) is 20.2. The molecule has 1 aromatic carbocycles. The number of nitrogens with one attached hydrogen (secondary N) is 2. The minimum atomic E-state index is -3.69. The van der Waals surface area contributed by atoms with Gasteiger partial charge in [-0.25, -0.2) is 8.42 Å². The van der Waals surface area contributed by atoms with Crippen LogP contribution in [0.15, 0.2) is 45.9 Å². The highest BCUT2D eigenvalue weighted by Gasteiger charge is 2.32. The van der Waals surface area contributed by atoms with Crippen molar-refractivity contribution in [3.05, 3.63) is 53.5 Å². The van der Waals surface area contributed by atoms with Crippen molar-refractivity contribution in [1.29, 1.82) is 0 Å². The Hall–Kier alpha value is -2.69. The summed E-state index contributed by atoms with van der Waals surface area (Å²) in [5, 5.41) is 0. The molecule has 0 bridgehead atoms. The molecule has 2 aromatic rings. The molecule has 3 rings (SSSR count). The number of amides is 2. The summed E-state index contributed by atoms with van der Waals surface area (Å²) in [6.07, 6.45) is 0.989. The fourth-order valence-corrected chi connectivity index (χ4v) is 4.72. The lowest BCUT2D eigenvalue weighted by atomic mass is 10.2. The van der Waals surface area contributed by atoms with E-state index >= 15 is 0 Å². The number of aryl methyl sites for hydroxylation is 1. The highest BCUT2D eigenvalue weighted by molar-refractivity contribution is 7.89. The molecular weight excluding hydrogens is 398 g/mol. The molecule has 2 amide bonds. The molecule has 0 saturated carbocycles. The number of hydrazine groups is 1. The topological polar surface area (TPSA) is 118 Å². The van der Waals surface area contributed by atoms with Crippen molar-refractivity contribution in [2.75, 3.05) is 13.1 Å². The number of benzene rings is 1. The second-order valence-electron chi connectivity index (χ2n) is 6.90. The van der Waals surface area contributed by atoms with E-state index in [1.54, 1.807) is 6.92 Å². The standard InChI is InChI=1S/C19H23N3O6S/c1-12-10-22(11-13(2)28-12)29(25,26)16-6-4-15(5-7-16)18(23)20-21-19(24)17-8-9-27-14(17)3/h4-9,12-13H,10-11H2,1-3H3,(H,20,23)(H,21,24)/t12-,13-/m1/s1. The maximum absolute atomic E-state index is 12.8. The van der Waals surface area contributed by atoms with Crippen molar-refractivity contribution in [3.8, 4) is 0 Å². The van der Waals surface area contributed by atoms with E-state index in [2.05, 4.69) is 10.9 Å². The highest BCUT2D eigenvalue weighted by atomic mass is 32.2. The zero-order valence-electron chi connectivity index (χ0n) is 16.3. The number of furan rings is 1. The largest absolute Gasteiger partial charge is 0.469 e. The van der Waals surface area contributed by atoms with Crippen LogP contribution >= 0.6 is 0 Å². The average molecular weight is 421 g/mol. The van der Waals surface area contributed by atoms with Crippen LogP contribution in [0.2, 0.25) is 0 Å². The lowest BCUT2D eigenvalue weighted by Crippen LogP contribution is -2.48. The third-order valence-electron chi connectivity index (χ3n) is 4.53. The van der Waals surface area contributed by atoms with Crippen LogP contribution in [-0.2, 0) is 14.8 Å². The van der Waals surface area contributed by atoms with Gasteiger partial charge in [0.25, 0.3) is 11.8 Å². The van der Waals surface area contributed by atoms with Crippen molar-refractivity contribution in [3.63, 3.8) is 0 Å². The summed E-state index contributed by atoms with van der Waals surface area (Å²) in [6.45, 7) is 5.82. The van der Waals surface area contributed by atoms with Crippen LogP contribution in [-0.4, -0.2) is 49.8 Å².